The molecule has 0 aliphatic rings. The Labute approximate surface area is 119 Å². The molecule has 0 fully saturated rings. The number of nitrogens with two attached hydrogens (primary N) is 1. The van der Waals surface area contributed by atoms with Crippen LogP contribution in [-0.2, 0) is 4.79 Å². The van der Waals surface area contributed by atoms with Gasteiger partial charge in [-0.15, -0.1) is 0 Å². The second-order valence-corrected chi connectivity index (χ2v) is 5.06. The Bertz CT molecular complexity index is 467. The van der Waals surface area contributed by atoms with E-state index in [-0.39, 0.29) is 11.8 Å². The lowest BCUT2D eigenvalue weighted by molar-refractivity contribution is -0.120. The number of carbonyl (C=O) groups is 2. The highest BCUT2D eigenvalue weighted by molar-refractivity contribution is 5.98. The van der Waals surface area contributed by atoms with Gasteiger partial charge < -0.3 is 16.4 Å². The molecule has 5 heteroatoms. The Balaban J connectivity index is 2.70. The largest absolute Gasteiger partial charge is 0.352 e. The SMILES string of the molecule is CCCC(C)(N)C(=O)Nc1ccc(C(=O)NCC)cc1. The number of nitrogens with one attached hydrogen (secondary N) is 2. The molecule has 0 saturated heterocycles. The van der Waals surface area contributed by atoms with Crippen molar-refractivity contribution in [3.05, 3.63) is 29.8 Å². The summed E-state index contributed by atoms with van der Waals surface area (Å²) in [6.45, 7) is 6.15. The Kier molecular flexibility index (Phi) is 5.70. The molecule has 20 heavy (non-hydrogen) atoms. The molecule has 0 bridgehead atoms. The lowest BCUT2D eigenvalue weighted by Gasteiger charge is -2.22. The summed E-state index contributed by atoms with van der Waals surface area (Å²) in [6.07, 6.45) is 1.46. The first-order valence-corrected chi connectivity index (χ1v) is 6.89. The molecular weight excluding hydrogens is 254 g/mol. The van der Waals surface area contributed by atoms with Gasteiger partial charge in [0.15, 0.2) is 0 Å². The molecular formula is C15H23N3O2. The monoisotopic (exact) mass is 277 g/mol. The predicted octanol–water partition coefficient (Wildman–Crippen LogP) is 1.89. The quantitative estimate of drug-likeness (QED) is 0.742. The van der Waals surface area contributed by atoms with Crippen LogP contribution in [0.2, 0.25) is 0 Å². The molecule has 0 radical (unpaired) electrons. The van der Waals surface area contributed by atoms with Gasteiger partial charge in [0.05, 0.1) is 5.54 Å². The minimum absolute atomic E-state index is 0.125. The Hall–Kier alpha value is -1.88. The smallest absolute Gasteiger partial charge is 0.251 e. The van der Waals surface area contributed by atoms with Gasteiger partial charge in [-0.1, -0.05) is 13.3 Å². The maximum atomic E-state index is 12.0. The third kappa shape index (κ3) is 4.35. The topological polar surface area (TPSA) is 84.2 Å². The van der Waals surface area contributed by atoms with Crippen molar-refractivity contribution in [1.82, 2.24) is 5.32 Å². The van der Waals surface area contributed by atoms with E-state index in [1.807, 2.05) is 13.8 Å². The van der Waals surface area contributed by atoms with Gasteiger partial charge in [0.1, 0.15) is 0 Å². The minimum atomic E-state index is -0.882. The van der Waals surface area contributed by atoms with Crippen LogP contribution in [0.4, 0.5) is 5.69 Å². The number of carbonyl (C=O) groups excluding carboxylic acids is 2. The van der Waals surface area contributed by atoms with Gasteiger partial charge in [-0.2, -0.15) is 0 Å². The normalized spacial score (nSPS) is 13.4. The third-order valence-electron chi connectivity index (χ3n) is 3.03. The zero-order chi connectivity index (χ0) is 15.2. The Morgan fingerprint density at radius 2 is 1.80 bits per heavy atom. The van der Waals surface area contributed by atoms with E-state index in [0.717, 1.165) is 6.42 Å². The second-order valence-electron chi connectivity index (χ2n) is 5.06. The Morgan fingerprint density at radius 3 is 2.30 bits per heavy atom. The lowest BCUT2D eigenvalue weighted by Crippen LogP contribution is -2.48. The average molecular weight is 277 g/mol. The molecule has 2 amide bonds. The van der Waals surface area contributed by atoms with E-state index in [0.29, 0.717) is 24.2 Å². The molecule has 0 heterocycles. The zero-order valence-corrected chi connectivity index (χ0v) is 12.3. The van der Waals surface area contributed by atoms with Crippen molar-refractivity contribution in [1.29, 1.82) is 0 Å². The van der Waals surface area contributed by atoms with E-state index in [4.69, 9.17) is 5.73 Å². The fourth-order valence-corrected chi connectivity index (χ4v) is 1.87. The summed E-state index contributed by atoms with van der Waals surface area (Å²) in [4.78, 5) is 23.6. The van der Waals surface area contributed by atoms with E-state index in [1.165, 1.54) is 0 Å². The van der Waals surface area contributed by atoms with Crippen molar-refractivity contribution >= 4 is 17.5 Å². The maximum absolute atomic E-state index is 12.0. The number of benzene rings is 1. The van der Waals surface area contributed by atoms with Gasteiger partial charge in [-0.25, -0.2) is 0 Å². The lowest BCUT2D eigenvalue weighted by atomic mass is 9.96. The van der Waals surface area contributed by atoms with Crippen LogP contribution in [0.15, 0.2) is 24.3 Å². The molecule has 0 aromatic heterocycles. The molecule has 0 saturated carbocycles. The van der Waals surface area contributed by atoms with Crippen molar-refractivity contribution in [3.63, 3.8) is 0 Å². The molecule has 1 aromatic rings. The van der Waals surface area contributed by atoms with Gasteiger partial charge in [0.25, 0.3) is 5.91 Å². The molecule has 1 aromatic carbocycles. The van der Waals surface area contributed by atoms with Crippen LogP contribution in [0, 0.1) is 0 Å². The molecule has 4 N–H and O–H groups in total. The first-order valence-electron chi connectivity index (χ1n) is 6.89. The molecule has 0 spiro atoms. The van der Waals surface area contributed by atoms with E-state index in [1.54, 1.807) is 31.2 Å². The average Bonchev–Trinajstić information content (AvgIpc) is 2.39. The van der Waals surface area contributed by atoms with Crippen LogP contribution in [0.5, 0.6) is 0 Å². The van der Waals surface area contributed by atoms with E-state index in [9.17, 15) is 9.59 Å². The van der Waals surface area contributed by atoms with Gasteiger partial charge >= 0.3 is 0 Å². The maximum Gasteiger partial charge on any atom is 0.251 e. The molecule has 1 unspecified atom stereocenters. The number of anilines is 1. The summed E-state index contributed by atoms with van der Waals surface area (Å²) < 4.78 is 0. The molecule has 0 aliphatic heterocycles. The van der Waals surface area contributed by atoms with Crippen molar-refractivity contribution in [2.75, 3.05) is 11.9 Å². The van der Waals surface area contributed by atoms with Gasteiger partial charge in [-0.05, 0) is 44.5 Å². The first kappa shape index (κ1) is 16.2. The van der Waals surface area contributed by atoms with E-state index >= 15 is 0 Å². The molecule has 1 atom stereocenters. The van der Waals surface area contributed by atoms with Crippen LogP contribution < -0.4 is 16.4 Å². The second kappa shape index (κ2) is 7.05. The van der Waals surface area contributed by atoms with Crippen LogP contribution in [0.25, 0.3) is 0 Å². The van der Waals surface area contributed by atoms with Crippen LogP contribution in [0.3, 0.4) is 0 Å². The summed E-state index contributed by atoms with van der Waals surface area (Å²) in [5, 5.41) is 5.49. The van der Waals surface area contributed by atoms with Crippen LogP contribution in [-0.4, -0.2) is 23.9 Å². The highest BCUT2D eigenvalue weighted by Gasteiger charge is 2.27. The summed E-state index contributed by atoms with van der Waals surface area (Å²) >= 11 is 0. The van der Waals surface area contributed by atoms with E-state index in [2.05, 4.69) is 10.6 Å². The van der Waals surface area contributed by atoms with E-state index < -0.39 is 5.54 Å². The van der Waals surface area contributed by atoms with Crippen molar-refractivity contribution in [3.8, 4) is 0 Å². The molecule has 0 aliphatic carbocycles. The van der Waals surface area contributed by atoms with Gasteiger partial charge in [-0.3, -0.25) is 9.59 Å². The Morgan fingerprint density at radius 1 is 1.20 bits per heavy atom. The van der Waals surface area contributed by atoms with Crippen LogP contribution >= 0.6 is 0 Å². The minimum Gasteiger partial charge on any atom is -0.352 e. The third-order valence-corrected chi connectivity index (χ3v) is 3.03. The summed E-state index contributed by atoms with van der Waals surface area (Å²) in [6, 6.07) is 6.75. The highest BCUT2D eigenvalue weighted by Crippen LogP contribution is 2.14. The fourth-order valence-electron chi connectivity index (χ4n) is 1.87. The number of rotatable bonds is 6. The van der Waals surface area contributed by atoms with Gasteiger partial charge in [0, 0.05) is 17.8 Å². The molecule has 5 nitrogen and oxygen atoms in total. The number of hydrogen-bond donors (Lipinski definition) is 3. The molecule has 1 rings (SSSR count). The zero-order valence-electron chi connectivity index (χ0n) is 12.3. The summed E-state index contributed by atoms with van der Waals surface area (Å²) in [5.41, 5.74) is 6.28. The van der Waals surface area contributed by atoms with Crippen molar-refractivity contribution in [2.24, 2.45) is 5.73 Å². The summed E-state index contributed by atoms with van der Waals surface area (Å²) in [5.74, 6) is -0.342. The highest BCUT2D eigenvalue weighted by atomic mass is 16.2. The number of amides is 2. The van der Waals surface area contributed by atoms with Gasteiger partial charge in [0.2, 0.25) is 5.91 Å². The molecule has 110 valence electrons. The fraction of sp³-hybridized carbons (Fsp3) is 0.467. The van der Waals surface area contributed by atoms with Crippen LogP contribution in [0.1, 0.15) is 44.0 Å². The first-order chi connectivity index (χ1) is 9.40. The van der Waals surface area contributed by atoms with Crippen molar-refractivity contribution < 1.29 is 9.59 Å². The number of hydrogen-bond acceptors (Lipinski definition) is 3. The van der Waals surface area contributed by atoms with Crippen molar-refractivity contribution in [2.45, 2.75) is 39.2 Å². The standard InChI is InChI=1S/C15H23N3O2/c1-4-10-15(3,16)14(20)18-12-8-6-11(7-9-12)13(19)17-5-2/h6-9H,4-5,10,16H2,1-3H3,(H,17,19)(H,18,20). The summed E-state index contributed by atoms with van der Waals surface area (Å²) in [7, 11) is 0. The predicted molar refractivity (Wildman–Crippen MR) is 80.6 cm³/mol.